The Labute approximate surface area is 183 Å². The summed E-state index contributed by atoms with van der Waals surface area (Å²) >= 11 is 0. The number of aryl methyl sites for hydroxylation is 1. The van der Waals surface area contributed by atoms with Crippen molar-refractivity contribution in [2.45, 2.75) is 38.3 Å². The Hall–Kier alpha value is -3.32. The molecule has 0 fully saturated rings. The Balaban J connectivity index is 1.69. The Kier molecular flexibility index (Phi) is 6.97. The molecular weight excluding hydrogens is 412 g/mol. The highest BCUT2D eigenvalue weighted by molar-refractivity contribution is 7.92. The van der Waals surface area contributed by atoms with Gasteiger partial charge >= 0.3 is 0 Å². The van der Waals surface area contributed by atoms with Crippen molar-refractivity contribution in [3.05, 3.63) is 89.5 Å². The zero-order chi connectivity index (χ0) is 22.4. The van der Waals surface area contributed by atoms with Crippen molar-refractivity contribution < 1.29 is 17.9 Å². The van der Waals surface area contributed by atoms with Crippen LogP contribution in [-0.4, -0.2) is 20.4 Å². The van der Waals surface area contributed by atoms with Crippen LogP contribution in [0.15, 0.2) is 77.7 Å². The van der Waals surface area contributed by atoms with Gasteiger partial charge in [-0.2, -0.15) is 0 Å². The molecule has 162 valence electrons. The van der Waals surface area contributed by atoms with Gasteiger partial charge in [-0.05, 0) is 68.8 Å². The molecule has 0 aromatic heterocycles. The summed E-state index contributed by atoms with van der Waals surface area (Å²) in [7, 11) is -3.81. The van der Waals surface area contributed by atoms with Crippen LogP contribution >= 0.6 is 0 Å². The van der Waals surface area contributed by atoms with Gasteiger partial charge in [-0.25, -0.2) is 8.42 Å². The minimum atomic E-state index is -3.81. The van der Waals surface area contributed by atoms with Crippen LogP contribution in [-0.2, 0) is 16.6 Å². The summed E-state index contributed by atoms with van der Waals surface area (Å²) in [5.41, 5.74) is 2.64. The number of hydrogen-bond acceptors (Lipinski definition) is 4. The second-order valence-corrected chi connectivity index (χ2v) is 9.18. The summed E-state index contributed by atoms with van der Waals surface area (Å²) in [6.45, 7) is 6.12. The van der Waals surface area contributed by atoms with Gasteiger partial charge < -0.3 is 10.1 Å². The van der Waals surface area contributed by atoms with Crippen molar-refractivity contribution in [2.24, 2.45) is 0 Å². The number of ether oxygens (including phenoxy) is 1. The molecule has 3 rings (SSSR count). The maximum absolute atomic E-state index is 12.7. The first kappa shape index (κ1) is 22.4. The number of amides is 1. The summed E-state index contributed by atoms with van der Waals surface area (Å²) < 4.78 is 33.6. The van der Waals surface area contributed by atoms with E-state index >= 15 is 0 Å². The summed E-state index contributed by atoms with van der Waals surface area (Å²) in [5.74, 6) is 0.375. The second-order valence-electron chi connectivity index (χ2n) is 7.50. The fourth-order valence-corrected chi connectivity index (χ4v) is 4.03. The number of nitrogens with one attached hydrogen (secondary N) is 2. The summed E-state index contributed by atoms with van der Waals surface area (Å²) in [5, 5.41) is 2.82. The number of rotatable bonds is 8. The van der Waals surface area contributed by atoms with Gasteiger partial charge in [0.05, 0.1) is 11.0 Å². The molecule has 7 heteroatoms. The molecular formula is C24H26N2O4S. The van der Waals surface area contributed by atoms with Crippen LogP contribution in [0.25, 0.3) is 0 Å². The molecule has 3 aromatic carbocycles. The Morgan fingerprint density at radius 1 is 0.968 bits per heavy atom. The smallest absolute Gasteiger partial charge is 0.261 e. The molecule has 0 bridgehead atoms. The average molecular weight is 439 g/mol. The molecule has 0 atom stereocenters. The van der Waals surface area contributed by atoms with Crippen LogP contribution in [0.3, 0.4) is 0 Å². The van der Waals surface area contributed by atoms with E-state index in [1.807, 2.05) is 57.2 Å². The largest absolute Gasteiger partial charge is 0.491 e. The quantitative estimate of drug-likeness (QED) is 0.542. The van der Waals surface area contributed by atoms with E-state index in [-0.39, 0.29) is 22.5 Å². The Bertz CT molecular complexity index is 1160. The van der Waals surface area contributed by atoms with Gasteiger partial charge in [0.2, 0.25) is 0 Å². The summed E-state index contributed by atoms with van der Waals surface area (Å²) in [4.78, 5) is 12.6. The summed E-state index contributed by atoms with van der Waals surface area (Å²) in [6, 6.07) is 20.5. The lowest BCUT2D eigenvalue weighted by Gasteiger charge is -2.12. The fourth-order valence-electron chi connectivity index (χ4n) is 2.93. The maximum Gasteiger partial charge on any atom is 0.261 e. The lowest BCUT2D eigenvalue weighted by atomic mass is 10.2. The molecule has 0 radical (unpaired) electrons. The Morgan fingerprint density at radius 3 is 2.39 bits per heavy atom. The van der Waals surface area contributed by atoms with Crippen LogP contribution in [0.1, 0.15) is 35.3 Å². The molecule has 0 aliphatic carbocycles. The van der Waals surface area contributed by atoms with Crippen molar-refractivity contribution in [2.75, 3.05) is 4.72 Å². The van der Waals surface area contributed by atoms with Gasteiger partial charge in [0.15, 0.2) is 0 Å². The van der Waals surface area contributed by atoms with E-state index in [2.05, 4.69) is 10.0 Å². The maximum atomic E-state index is 12.7. The first-order valence-corrected chi connectivity index (χ1v) is 11.4. The molecule has 0 saturated carbocycles. The number of sulfonamides is 1. The third-order valence-electron chi connectivity index (χ3n) is 4.43. The zero-order valence-electron chi connectivity index (χ0n) is 17.8. The van der Waals surface area contributed by atoms with E-state index < -0.39 is 10.0 Å². The molecule has 31 heavy (non-hydrogen) atoms. The van der Waals surface area contributed by atoms with Crippen LogP contribution in [0.2, 0.25) is 0 Å². The second kappa shape index (κ2) is 9.66. The topological polar surface area (TPSA) is 84.5 Å². The van der Waals surface area contributed by atoms with Gasteiger partial charge in [-0.15, -0.1) is 0 Å². The van der Waals surface area contributed by atoms with Crippen molar-refractivity contribution in [3.8, 4) is 5.75 Å². The standard InChI is InChI=1S/C24H26N2O4S/c1-17(2)30-22-8-4-6-19(14-22)16-25-24(27)20-7-5-9-23(15-20)31(28,29)26-21-12-10-18(3)11-13-21/h4-15,17,26H,16H2,1-3H3,(H,25,27). The number of anilines is 1. The lowest BCUT2D eigenvalue weighted by Crippen LogP contribution is -2.23. The molecule has 0 aliphatic rings. The van der Waals surface area contributed by atoms with E-state index in [4.69, 9.17) is 4.74 Å². The highest BCUT2D eigenvalue weighted by Crippen LogP contribution is 2.18. The normalized spacial score (nSPS) is 11.2. The van der Waals surface area contributed by atoms with Gasteiger partial charge in [0.1, 0.15) is 5.75 Å². The van der Waals surface area contributed by atoms with Gasteiger partial charge in [-0.1, -0.05) is 35.9 Å². The first-order chi connectivity index (χ1) is 14.7. The highest BCUT2D eigenvalue weighted by Gasteiger charge is 2.16. The van der Waals surface area contributed by atoms with Crippen molar-refractivity contribution >= 4 is 21.6 Å². The fraction of sp³-hybridized carbons (Fsp3) is 0.208. The molecule has 1 amide bonds. The minimum absolute atomic E-state index is 0.0213. The molecule has 3 aromatic rings. The predicted octanol–water partition coefficient (Wildman–Crippen LogP) is 4.51. The van der Waals surface area contributed by atoms with Crippen molar-refractivity contribution in [3.63, 3.8) is 0 Å². The van der Waals surface area contributed by atoms with E-state index in [0.29, 0.717) is 12.2 Å². The number of benzene rings is 3. The summed E-state index contributed by atoms with van der Waals surface area (Å²) in [6.07, 6.45) is 0.0584. The number of carbonyl (C=O) groups excluding carboxylic acids is 1. The molecule has 0 aliphatic heterocycles. The van der Waals surface area contributed by atoms with E-state index in [1.165, 1.54) is 12.1 Å². The first-order valence-electron chi connectivity index (χ1n) is 9.96. The van der Waals surface area contributed by atoms with Crippen molar-refractivity contribution in [1.82, 2.24) is 5.32 Å². The van der Waals surface area contributed by atoms with Gasteiger partial charge in [0, 0.05) is 17.8 Å². The average Bonchev–Trinajstić information content (AvgIpc) is 2.73. The van der Waals surface area contributed by atoms with Crippen LogP contribution in [0, 0.1) is 6.92 Å². The highest BCUT2D eigenvalue weighted by atomic mass is 32.2. The van der Waals surface area contributed by atoms with Crippen LogP contribution in [0.4, 0.5) is 5.69 Å². The van der Waals surface area contributed by atoms with E-state index in [9.17, 15) is 13.2 Å². The van der Waals surface area contributed by atoms with E-state index in [0.717, 1.165) is 16.9 Å². The van der Waals surface area contributed by atoms with Crippen molar-refractivity contribution in [1.29, 1.82) is 0 Å². The molecule has 0 heterocycles. The van der Waals surface area contributed by atoms with Gasteiger partial charge in [0.25, 0.3) is 15.9 Å². The minimum Gasteiger partial charge on any atom is -0.491 e. The van der Waals surface area contributed by atoms with Crippen LogP contribution < -0.4 is 14.8 Å². The molecule has 6 nitrogen and oxygen atoms in total. The monoisotopic (exact) mass is 438 g/mol. The number of hydrogen-bond donors (Lipinski definition) is 2. The lowest BCUT2D eigenvalue weighted by molar-refractivity contribution is 0.0950. The third-order valence-corrected chi connectivity index (χ3v) is 5.81. The predicted molar refractivity (Wildman–Crippen MR) is 122 cm³/mol. The SMILES string of the molecule is Cc1ccc(NS(=O)(=O)c2cccc(C(=O)NCc3cccc(OC(C)C)c3)c2)cc1. The van der Waals surface area contributed by atoms with E-state index in [1.54, 1.807) is 24.3 Å². The zero-order valence-corrected chi connectivity index (χ0v) is 18.6. The molecule has 0 spiro atoms. The molecule has 0 unspecified atom stereocenters. The molecule has 2 N–H and O–H groups in total. The Morgan fingerprint density at radius 2 is 1.68 bits per heavy atom. The van der Waals surface area contributed by atoms with Crippen LogP contribution in [0.5, 0.6) is 5.75 Å². The third kappa shape index (κ3) is 6.33. The number of carbonyl (C=O) groups is 1. The van der Waals surface area contributed by atoms with Gasteiger partial charge in [-0.3, -0.25) is 9.52 Å². The molecule has 0 saturated heterocycles.